The van der Waals surface area contributed by atoms with Crippen LogP contribution in [-0.2, 0) is 0 Å². The van der Waals surface area contributed by atoms with E-state index in [0.29, 0.717) is 29.7 Å². The molecule has 0 saturated heterocycles. The number of para-hydroxylation sites is 1. The standard InChI is InChI=1S/C16H17N5O2S/c1-21(8-5-9-23-12-6-3-2-4-7-12)16(22)13-10-24-15(19-13)14-17-11-18-20-14/h2-4,6-7,10-11H,5,8-9H2,1H3,(H,17,18,20). The number of nitrogens with zero attached hydrogens (tertiary/aromatic N) is 4. The first-order valence-electron chi connectivity index (χ1n) is 7.48. The number of benzene rings is 1. The second kappa shape index (κ2) is 7.69. The van der Waals surface area contributed by atoms with Crippen LogP contribution in [0.1, 0.15) is 16.9 Å². The number of hydrogen-bond donors (Lipinski definition) is 1. The van der Waals surface area contributed by atoms with Crippen LogP contribution in [0.5, 0.6) is 5.75 Å². The van der Waals surface area contributed by atoms with Crippen molar-refractivity contribution in [2.75, 3.05) is 20.2 Å². The molecule has 8 heteroatoms. The monoisotopic (exact) mass is 343 g/mol. The Hall–Kier alpha value is -2.74. The molecule has 1 amide bonds. The molecule has 7 nitrogen and oxygen atoms in total. The zero-order valence-corrected chi connectivity index (χ0v) is 14.0. The number of aromatic amines is 1. The van der Waals surface area contributed by atoms with Crippen LogP contribution >= 0.6 is 11.3 Å². The Morgan fingerprint density at radius 1 is 1.33 bits per heavy atom. The number of H-pyrrole nitrogens is 1. The summed E-state index contributed by atoms with van der Waals surface area (Å²) in [5, 5.41) is 8.90. The van der Waals surface area contributed by atoms with Crippen molar-refractivity contribution in [3.63, 3.8) is 0 Å². The molecule has 0 fully saturated rings. The van der Waals surface area contributed by atoms with Gasteiger partial charge in [0, 0.05) is 19.0 Å². The molecule has 0 aliphatic carbocycles. The summed E-state index contributed by atoms with van der Waals surface area (Å²) in [5.74, 6) is 1.29. The van der Waals surface area contributed by atoms with Crippen LogP contribution in [0, 0.1) is 0 Å². The largest absolute Gasteiger partial charge is 0.494 e. The van der Waals surface area contributed by atoms with Gasteiger partial charge in [0.25, 0.3) is 5.91 Å². The molecule has 0 unspecified atom stereocenters. The second-order valence-electron chi connectivity index (χ2n) is 5.11. The van der Waals surface area contributed by atoms with E-state index in [9.17, 15) is 4.79 Å². The van der Waals surface area contributed by atoms with Gasteiger partial charge in [-0.1, -0.05) is 18.2 Å². The third kappa shape index (κ3) is 3.96. The normalized spacial score (nSPS) is 10.5. The molecule has 2 heterocycles. The smallest absolute Gasteiger partial charge is 0.273 e. The molecule has 0 radical (unpaired) electrons. The number of carbonyl (C=O) groups is 1. The third-order valence-corrected chi connectivity index (χ3v) is 4.19. The lowest BCUT2D eigenvalue weighted by molar-refractivity contribution is 0.0783. The van der Waals surface area contributed by atoms with Crippen molar-refractivity contribution < 1.29 is 9.53 Å². The molecule has 0 saturated carbocycles. The molecule has 0 atom stereocenters. The quantitative estimate of drug-likeness (QED) is 0.666. The summed E-state index contributed by atoms with van der Waals surface area (Å²) < 4.78 is 5.62. The summed E-state index contributed by atoms with van der Waals surface area (Å²) in [6, 6.07) is 9.63. The highest BCUT2D eigenvalue weighted by Gasteiger charge is 2.16. The van der Waals surface area contributed by atoms with E-state index in [1.807, 2.05) is 30.3 Å². The minimum absolute atomic E-state index is 0.114. The van der Waals surface area contributed by atoms with Crippen molar-refractivity contribution in [2.24, 2.45) is 0 Å². The van der Waals surface area contributed by atoms with Crippen LogP contribution in [0.3, 0.4) is 0 Å². The van der Waals surface area contributed by atoms with Gasteiger partial charge in [-0.05, 0) is 18.6 Å². The average Bonchev–Trinajstić information content (AvgIpc) is 3.29. The molecule has 0 bridgehead atoms. The highest BCUT2D eigenvalue weighted by molar-refractivity contribution is 7.13. The van der Waals surface area contributed by atoms with Crippen molar-refractivity contribution in [3.05, 3.63) is 47.7 Å². The van der Waals surface area contributed by atoms with Crippen molar-refractivity contribution in [1.82, 2.24) is 25.1 Å². The van der Waals surface area contributed by atoms with Gasteiger partial charge in [0.2, 0.25) is 0 Å². The summed E-state index contributed by atoms with van der Waals surface area (Å²) in [4.78, 5) is 22.4. The van der Waals surface area contributed by atoms with Crippen molar-refractivity contribution >= 4 is 17.2 Å². The maximum absolute atomic E-state index is 12.4. The van der Waals surface area contributed by atoms with E-state index >= 15 is 0 Å². The molecular formula is C16H17N5O2S. The predicted octanol–water partition coefficient (Wildman–Crippen LogP) is 2.47. The zero-order valence-electron chi connectivity index (χ0n) is 13.2. The first-order valence-corrected chi connectivity index (χ1v) is 8.36. The highest BCUT2D eigenvalue weighted by Crippen LogP contribution is 2.20. The van der Waals surface area contributed by atoms with E-state index in [0.717, 1.165) is 12.2 Å². The third-order valence-electron chi connectivity index (χ3n) is 3.34. The minimum Gasteiger partial charge on any atom is -0.494 e. The molecule has 1 aromatic carbocycles. The number of hydrogen-bond acceptors (Lipinski definition) is 6. The lowest BCUT2D eigenvalue weighted by Crippen LogP contribution is -2.28. The molecule has 1 N–H and O–H groups in total. The minimum atomic E-state index is -0.114. The van der Waals surface area contributed by atoms with Crippen molar-refractivity contribution in [3.8, 4) is 16.6 Å². The Bertz CT molecular complexity index is 773. The Balaban J connectivity index is 1.48. The van der Waals surface area contributed by atoms with Gasteiger partial charge in [0.05, 0.1) is 6.61 Å². The number of carbonyl (C=O) groups excluding carboxylic acids is 1. The van der Waals surface area contributed by atoms with Crippen LogP contribution in [0.15, 0.2) is 42.0 Å². The van der Waals surface area contributed by atoms with Crippen molar-refractivity contribution in [2.45, 2.75) is 6.42 Å². The molecule has 3 aromatic rings. The first-order chi connectivity index (χ1) is 11.7. The predicted molar refractivity (Wildman–Crippen MR) is 91.0 cm³/mol. The van der Waals surface area contributed by atoms with E-state index in [1.165, 1.54) is 17.7 Å². The number of thiazole rings is 1. The van der Waals surface area contributed by atoms with Crippen LogP contribution in [-0.4, -0.2) is 51.2 Å². The van der Waals surface area contributed by atoms with E-state index in [4.69, 9.17) is 4.74 Å². The Kier molecular flexibility index (Phi) is 5.17. The summed E-state index contributed by atoms with van der Waals surface area (Å²) in [5.41, 5.74) is 0.415. The number of amides is 1. The molecule has 124 valence electrons. The van der Waals surface area contributed by atoms with E-state index in [2.05, 4.69) is 20.2 Å². The zero-order chi connectivity index (χ0) is 16.8. The molecule has 3 rings (SSSR count). The van der Waals surface area contributed by atoms with Gasteiger partial charge >= 0.3 is 0 Å². The summed E-state index contributed by atoms with van der Waals surface area (Å²) in [7, 11) is 1.76. The number of nitrogens with one attached hydrogen (secondary N) is 1. The van der Waals surface area contributed by atoms with Gasteiger partial charge in [-0.3, -0.25) is 9.89 Å². The fraction of sp³-hybridized carbons (Fsp3) is 0.250. The highest BCUT2D eigenvalue weighted by atomic mass is 32.1. The maximum Gasteiger partial charge on any atom is 0.273 e. The maximum atomic E-state index is 12.4. The van der Waals surface area contributed by atoms with Gasteiger partial charge in [0.15, 0.2) is 10.8 Å². The van der Waals surface area contributed by atoms with Gasteiger partial charge in [-0.15, -0.1) is 11.3 Å². The van der Waals surface area contributed by atoms with E-state index < -0.39 is 0 Å². The lowest BCUT2D eigenvalue weighted by Gasteiger charge is -2.16. The fourth-order valence-electron chi connectivity index (χ4n) is 2.09. The first kappa shape index (κ1) is 16.1. The average molecular weight is 343 g/mol. The summed E-state index contributed by atoms with van der Waals surface area (Å²) in [6.07, 6.45) is 2.16. The fourth-order valence-corrected chi connectivity index (χ4v) is 2.83. The van der Waals surface area contributed by atoms with Crippen LogP contribution in [0.4, 0.5) is 0 Å². The number of ether oxygens (including phenoxy) is 1. The topological polar surface area (TPSA) is 84.0 Å². The summed E-state index contributed by atoms with van der Waals surface area (Å²) >= 11 is 1.36. The van der Waals surface area contributed by atoms with Gasteiger partial charge in [-0.2, -0.15) is 5.10 Å². The molecule has 0 aliphatic rings. The number of aromatic nitrogens is 4. The Morgan fingerprint density at radius 3 is 2.92 bits per heavy atom. The molecule has 2 aromatic heterocycles. The summed E-state index contributed by atoms with van der Waals surface area (Å²) in [6.45, 7) is 1.16. The number of rotatable bonds is 7. The van der Waals surface area contributed by atoms with Gasteiger partial charge in [0.1, 0.15) is 17.8 Å². The van der Waals surface area contributed by atoms with Crippen LogP contribution < -0.4 is 4.74 Å². The molecule has 0 aliphatic heterocycles. The SMILES string of the molecule is CN(CCCOc1ccccc1)C(=O)c1csc(-c2ncn[nH]2)n1. The van der Waals surface area contributed by atoms with Crippen LogP contribution in [0.2, 0.25) is 0 Å². The molecule has 0 spiro atoms. The van der Waals surface area contributed by atoms with Gasteiger partial charge in [-0.25, -0.2) is 9.97 Å². The Morgan fingerprint density at radius 2 is 2.17 bits per heavy atom. The van der Waals surface area contributed by atoms with E-state index in [1.54, 1.807) is 17.3 Å². The second-order valence-corrected chi connectivity index (χ2v) is 5.97. The lowest BCUT2D eigenvalue weighted by atomic mass is 10.3. The molecular weight excluding hydrogens is 326 g/mol. The van der Waals surface area contributed by atoms with Gasteiger partial charge < -0.3 is 9.64 Å². The van der Waals surface area contributed by atoms with Crippen LogP contribution in [0.25, 0.3) is 10.8 Å². The van der Waals surface area contributed by atoms with E-state index in [-0.39, 0.29) is 5.91 Å². The molecule has 24 heavy (non-hydrogen) atoms. The Labute approximate surface area is 143 Å². The van der Waals surface area contributed by atoms with Crippen molar-refractivity contribution in [1.29, 1.82) is 0 Å².